The van der Waals surface area contributed by atoms with Crippen molar-refractivity contribution in [1.82, 2.24) is 0 Å². The summed E-state index contributed by atoms with van der Waals surface area (Å²) in [6.45, 7) is 9.24. The van der Waals surface area contributed by atoms with Crippen molar-refractivity contribution in [2.24, 2.45) is 5.92 Å². The van der Waals surface area contributed by atoms with Crippen LogP contribution in [0.25, 0.3) is 0 Å². The van der Waals surface area contributed by atoms with Gasteiger partial charge in [-0.15, -0.1) is 0 Å². The van der Waals surface area contributed by atoms with Crippen LogP contribution in [0.1, 0.15) is 137 Å². The summed E-state index contributed by atoms with van der Waals surface area (Å²) in [5.74, 6) is 0.355. The highest BCUT2D eigenvalue weighted by molar-refractivity contribution is 5.69. The Balaban J connectivity index is 3.50. The summed E-state index contributed by atoms with van der Waals surface area (Å²) < 4.78 is 11.0. The maximum atomic E-state index is 12.0. The molecular formula is C26H50O4. The van der Waals surface area contributed by atoms with Crippen LogP contribution in [0.5, 0.6) is 0 Å². The average Bonchev–Trinajstić information content (AvgIpc) is 2.73. The first-order valence-corrected chi connectivity index (χ1v) is 12.9. The van der Waals surface area contributed by atoms with Crippen LogP contribution in [0.2, 0.25) is 0 Å². The van der Waals surface area contributed by atoms with Crippen molar-refractivity contribution in [3.8, 4) is 0 Å². The van der Waals surface area contributed by atoms with Crippen LogP contribution in [0, 0.1) is 5.92 Å². The fourth-order valence-electron chi connectivity index (χ4n) is 3.86. The molecule has 0 bridgehead atoms. The van der Waals surface area contributed by atoms with Gasteiger partial charge in [-0.2, -0.15) is 0 Å². The number of hydrogen-bond acceptors (Lipinski definition) is 4. The lowest BCUT2D eigenvalue weighted by Gasteiger charge is -2.22. The molecule has 0 aromatic rings. The molecule has 0 N–H and O–H groups in total. The molecular weight excluding hydrogens is 376 g/mol. The molecule has 0 fully saturated rings. The molecule has 2 unspecified atom stereocenters. The summed E-state index contributed by atoms with van der Waals surface area (Å²) in [5, 5.41) is 0. The Bertz CT molecular complexity index is 408. The number of unbranched alkanes of at least 4 members (excludes halogenated alkanes) is 10. The van der Waals surface area contributed by atoms with E-state index in [4.69, 9.17) is 9.47 Å². The fraction of sp³-hybridized carbons (Fsp3) is 0.923. The number of hydrogen-bond donors (Lipinski definition) is 0. The predicted octanol–water partition coefficient (Wildman–Crippen LogP) is 7.77. The Morgan fingerprint density at radius 3 is 1.77 bits per heavy atom. The molecule has 0 amide bonds. The van der Waals surface area contributed by atoms with Gasteiger partial charge in [0.25, 0.3) is 0 Å². The first kappa shape index (κ1) is 28.9. The SMILES string of the molecule is CCCCCCCCOC(=O)CCCCCCCCC(=O)OC(CC)C(C)CCC. The van der Waals surface area contributed by atoms with Crippen LogP contribution in [0.4, 0.5) is 0 Å². The molecule has 178 valence electrons. The summed E-state index contributed by atoms with van der Waals surface area (Å²) in [5.41, 5.74) is 0. The van der Waals surface area contributed by atoms with Crippen LogP contribution >= 0.6 is 0 Å². The second-order valence-electron chi connectivity index (χ2n) is 8.81. The monoisotopic (exact) mass is 426 g/mol. The highest BCUT2D eigenvalue weighted by atomic mass is 16.5. The van der Waals surface area contributed by atoms with E-state index in [0.29, 0.717) is 25.4 Å². The van der Waals surface area contributed by atoms with Gasteiger partial charge in [0.2, 0.25) is 0 Å². The Kier molecular flexibility index (Phi) is 20.4. The van der Waals surface area contributed by atoms with Crippen LogP contribution in [0.15, 0.2) is 0 Å². The van der Waals surface area contributed by atoms with Crippen molar-refractivity contribution in [1.29, 1.82) is 0 Å². The highest BCUT2D eigenvalue weighted by Gasteiger charge is 2.18. The third-order valence-electron chi connectivity index (χ3n) is 5.84. The van der Waals surface area contributed by atoms with Gasteiger partial charge in [0, 0.05) is 12.8 Å². The van der Waals surface area contributed by atoms with Gasteiger partial charge in [-0.05, 0) is 38.0 Å². The lowest BCUT2D eigenvalue weighted by atomic mass is 9.97. The van der Waals surface area contributed by atoms with Gasteiger partial charge in [0.05, 0.1) is 6.61 Å². The number of ether oxygens (including phenoxy) is 2. The van der Waals surface area contributed by atoms with Crippen LogP contribution in [-0.4, -0.2) is 24.6 Å². The largest absolute Gasteiger partial charge is 0.466 e. The van der Waals surface area contributed by atoms with Gasteiger partial charge in [0.1, 0.15) is 6.10 Å². The van der Waals surface area contributed by atoms with E-state index in [0.717, 1.165) is 70.6 Å². The van der Waals surface area contributed by atoms with Gasteiger partial charge in [-0.3, -0.25) is 9.59 Å². The van der Waals surface area contributed by atoms with Crippen LogP contribution < -0.4 is 0 Å². The van der Waals surface area contributed by atoms with Crippen LogP contribution in [-0.2, 0) is 19.1 Å². The summed E-state index contributed by atoms with van der Waals surface area (Å²) in [6.07, 6.45) is 17.7. The van der Waals surface area contributed by atoms with E-state index < -0.39 is 0 Å². The number of esters is 2. The van der Waals surface area contributed by atoms with E-state index in [9.17, 15) is 9.59 Å². The maximum Gasteiger partial charge on any atom is 0.306 e. The summed E-state index contributed by atoms with van der Waals surface area (Å²) >= 11 is 0. The maximum absolute atomic E-state index is 12.0. The van der Waals surface area contributed by atoms with E-state index in [1.807, 2.05) is 0 Å². The molecule has 4 nitrogen and oxygen atoms in total. The zero-order valence-corrected chi connectivity index (χ0v) is 20.5. The second-order valence-corrected chi connectivity index (χ2v) is 8.81. The van der Waals surface area contributed by atoms with E-state index in [-0.39, 0.29) is 18.0 Å². The smallest absolute Gasteiger partial charge is 0.306 e. The molecule has 0 radical (unpaired) electrons. The average molecular weight is 427 g/mol. The van der Waals surface area contributed by atoms with Gasteiger partial charge in [-0.25, -0.2) is 0 Å². The van der Waals surface area contributed by atoms with E-state index >= 15 is 0 Å². The summed E-state index contributed by atoms with van der Waals surface area (Å²) in [6, 6.07) is 0. The van der Waals surface area contributed by atoms with E-state index in [1.165, 1.54) is 25.7 Å². The molecule has 0 aliphatic heterocycles. The molecule has 4 heteroatoms. The lowest BCUT2D eigenvalue weighted by Crippen LogP contribution is -2.24. The first-order valence-electron chi connectivity index (χ1n) is 12.9. The molecule has 0 aromatic heterocycles. The normalized spacial score (nSPS) is 13.1. The molecule has 2 atom stereocenters. The zero-order chi connectivity index (χ0) is 22.5. The van der Waals surface area contributed by atoms with Crippen LogP contribution in [0.3, 0.4) is 0 Å². The molecule has 30 heavy (non-hydrogen) atoms. The molecule has 0 saturated heterocycles. The van der Waals surface area contributed by atoms with E-state index in [2.05, 4.69) is 27.7 Å². The quantitative estimate of drug-likeness (QED) is 0.139. The Labute approximate surface area is 186 Å². The molecule has 0 aliphatic rings. The molecule has 0 heterocycles. The standard InChI is InChI=1S/C26H50O4/c1-5-8-9-10-15-18-22-29-25(27)20-16-13-11-12-14-17-21-26(28)30-24(7-3)23(4)19-6-2/h23-24H,5-22H2,1-4H3. The zero-order valence-electron chi connectivity index (χ0n) is 20.5. The van der Waals surface area contributed by atoms with Gasteiger partial charge in [-0.1, -0.05) is 91.9 Å². The molecule has 0 aliphatic carbocycles. The number of carbonyl (C=O) groups is 2. The Hall–Kier alpha value is -1.06. The number of rotatable bonds is 21. The van der Waals surface area contributed by atoms with E-state index in [1.54, 1.807) is 0 Å². The first-order chi connectivity index (χ1) is 14.5. The fourth-order valence-corrected chi connectivity index (χ4v) is 3.86. The van der Waals surface area contributed by atoms with Gasteiger partial charge in [0.15, 0.2) is 0 Å². The van der Waals surface area contributed by atoms with Gasteiger partial charge < -0.3 is 9.47 Å². The van der Waals surface area contributed by atoms with Crippen molar-refractivity contribution < 1.29 is 19.1 Å². The van der Waals surface area contributed by atoms with Crippen molar-refractivity contribution in [2.45, 2.75) is 143 Å². The third-order valence-corrected chi connectivity index (χ3v) is 5.84. The summed E-state index contributed by atoms with van der Waals surface area (Å²) in [4.78, 5) is 23.7. The van der Waals surface area contributed by atoms with Crippen molar-refractivity contribution in [3.05, 3.63) is 0 Å². The topological polar surface area (TPSA) is 52.6 Å². The van der Waals surface area contributed by atoms with Crippen molar-refractivity contribution in [2.75, 3.05) is 6.61 Å². The molecule has 0 spiro atoms. The van der Waals surface area contributed by atoms with Crippen molar-refractivity contribution >= 4 is 11.9 Å². The second kappa shape index (κ2) is 21.2. The molecule has 0 saturated carbocycles. The molecule has 0 rings (SSSR count). The minimum absolute atomic E-state index is 0.0436. The van der Waals surface area contributed by atoms with Gasteiger partial charge >= 0.3 is 11.9 Å². The molecule has 0 aromatic carbocycles. The number of carbonyl (C=O) groups excluding carboxylic acids is 2. The van der Waals surface area contributed by atoms with Crippen molar-refractivity contribution in [3.63, 3.8) is 0 Å². The summed E-state index contributed by atoms with van der Waals surface area (Å²) in [7, 11) is 0. The minimum Gasteiger partial charge on any atom is -0.466 e. The predicted molar refractivity (Wildman–Crippen MR) is 126 cm³/mol. The lowest BCUT2D eigenvalue weighted by molar-refractivity contribution is -0.152. The highest BCUT2D eigenvalue weighted by Crippen LogP contribution is 2.18. The minimum atomic E-state index is -0.0471. The third kappa shape index (κ3) is 17.8. The Morgan fingerprint density at radius 1 is 0.667 bits per heavy atom. The Morgan fingerprint density at radius 2 is 1.20 bits per heavy atom.